The van der Waals surface area contributed by atoms with Crippen molar-refractivity contribution in [2.75, 3.05) is 0 Å². The van der Waals surface area contributed by atoms with Gasteiger partial charge in [0.25, 0.3) is 0 Å². The number of benzene rings is 1. The summed E-state index contributed by atoms with van der Waals surface area (Å²) in [5.41, 5.74) is 1.09. The fourth-order valence-electron chi connectivity index (χ4n) is 1.71. The Morgan fingerprint density at radius 1 is 1.42 bits per heavy atom. The highest BCUT2D eigenvalue weighted by atomic mass is 35.5. The van der Waals surface area contributed by atoms with E-state index < -0.39 is 5.97 Å². The summed E-state index contributed by atoms with van der Waals surface area (Å²) in [6, 6.07) is 4.36. The molecular weight excluding hydrogens is 268 g/mol. The Morgan fingerprint density at radius 3 is 2.68 bits per heavy atom. The first kappa shape index (κ1) is 13.4. The third-order valence-electron chi connectivity index (χ3n) is 2.84. The standard InChI is InChI=1S/C14H11ClO4/c1-3-7(2)13(16)8-4-5-10-9(12(8)15)6-11(19-10)14(17)18/h4-6H,2-3H2,1H3,(H,17,18). The first-order chi connectivity index (χ1) is 8.95. The van der Waals surface area contributed by atoms with Crippen molar-refractivity contribution in [2.45, 2.75) is 13.3 Å². The molecule has 19 heavy (non-hydrogen) atoms. The van der Waals surface area contributed by atoms with E-state index >= 15 is 0 Å². The number of rotatable bonds is 4. The largest absolute Gasteiger partial charge is 0.475 e. The normalized spacial score (nSPS) is 10.6. The van der Waals surface area contributed by atoms with Crippen molar-refractivity contribution in [3.63, 3.8) is 0 Å². The number of carbonyl (C=O) groups is 2. The SMILES string of the molecule is C=C(CC)C(=O)c1ccc2oc(C(=O)O)cc2c1Cl. The van der Waals surface area contributed by atoms with Crippen LogP contribution < -0.4 is 0 Å². The number of allylic oxidation sites excluding steroid dienone is 1. The number of aromatic carboxylic acids is 1. The van der Waals surface area contributed by atoms with Gasteiger partial charge in [-0.15, -0.1) is 0 Å². The molecule has 0 fully saturated rings. The second-order valence-electron chi connectivity index (χ2n) is 4.04. The van der Waals surface area contributed by atoms with Crippen molar-refractivity contribution >= 4 is 34.3 Å². The molecule has 0 unspecified atom stereocenters. The molecule has 0 aliphatic rings. The van der Waals surface area contributed by atoms with E-state index in [1.807, 2.05) is 6.92 Å². The van der Waals surface area contributed by atoms with Crippen LogP contribution in [0.25, 0.3) is 11.0 Å². The summed E-state index contributed by atoms with van der Waals surface area (Å²) >= 11 is 6.14. The highest BCUT2D eigenvalue weighted by Gasteiger charge is 2.18. The van der Waals surface area contributed by atoms with Crippen LogP contribution in [0.1, 0.15) is 34.3 Å². The molecule has 0 atom stereocenters. The Labute approximate surface area is 114 Å². The Balaban J connectivity index is 2.60. The van der Waals surface area contributed by atoms with E-state index in [0.717, 1.165) is 0 Å². The molecule has 0 saturated heterocycles. The zero-order valence-corrected chi connectivity index (χ0v) is 11.0. The van der Waals surface area contributed by atoms with E-state index in [9.17, 15) is 9.59 Å². The molecular formula is C14H11ClO4. The van der Waals surface area contributed by atoms with E-state index in [1.54, 1.807) is 0 Å². The smallest absolute Gasteiger partial charge is 0.371 e. The molecule has 0 aliphatic carbocycles. The summed E-state index contributed by atoms with van der Waals surface area (Å²) in [4.78, 5) is 22.9. The van der Waals surface area contributed by atoms with Crippen LogP contribution in [0.5, 0.6) is 0 Å². The number of furan rings is 1. The summed E-state index contributed by atoms with van der Waals surface area (Å²) in [6.45, 7) is 5.50. The predicted molar refractivity (Wildman–Crippen MR) is 71.9 cm³/mol. The van der Waals surface area contributed by atoms with Gasteiger partial charge in [-0.25, -0.2) is 4.79 Å². The van der Waals surface area contributed by atoms with Gasteiger partial charge < -0.3 is 9.52 Å². The number of carbonyl (C=O) groups excluding carboxylic acids is 1. The van der Waals surface area contributed by atoms with Crippen LogP contribution in [0.15, 0.2) is 34.8 Å². The molecule has 0 spiro atoms. The molecule has 0 amide bonds. The maximum absolute atomic E-state index is 12.0. The van der Waals surface area contributed by atoms with Crippen LogP contribution in [0.2, 0.25) is 5.02 Å². The van der Waals surface area contributed by atoms with E-state index in [-0.39, 0.29) is 16.6 Å². The van der Waals surface area contributed by atoms with Gasteiger partial charge >= 0.3 is 5.97 Å². The van der Waals surface area contributed by atoms with Gasteiger partial charge in [-0.05, 0) is 24.1 Å². The van der Waals surface area contributed by atoms with Crippen molar-refractivity contribution in [3.8, 4) is 0 Å². The zero-order valence-electron chi connectivity index (χ0n) is 10.2. The highest BCUT2D eigenvalue weighted by Crippen LogP contribution is 2.31. The van der Waals surface area contributed by atoms with Crippen molar-refractivity contribution < 1.29 is 19.1 Å². The Kier molecular flexibility index (Phi) is 3.44. The van der Waals surface area contributed by atoms with Gasteiger partial charge in [-0.1, -0.05) is 25.1 Å². The molecule has 4 nitrogen and oxygen atoms in total. The minimum absolute atomic E-state index is 0.188. The van der Waals surface area contributed by atoms with Gasteiger partial charge in [0, 0.05) is 17.0 Å². The van der Waals surface area contributed by atoms with Crippen LogP contribution in [0.4, 0.5) is 0 Å². The third kappa shape index (κ3) is 2.27. The quantitative estimate of drug-likeness (QED) is 0.679. The van der Waals surface area contributed by atoms with E-state index in [2.05, 4.69) is 6.58 Å². The molecule has 0 bridgehead atoms. The Hall–Kier alpha value is -2.07. The van der Waals surface area contributed by atoms with E-state index in [1.165, 1.54) is 18.2 Å². The molecule has 0 saturated carbocycles. The van der Waals surface area contributed by atoms with Crippen LogP contribution in [-0.4, -0.2) is 16.9 Å². The van der Waals surface area contributed by atoms with Crippen LogP contribution in [0.3, 0.4) is 0 Å². The number of Topliss-reactive ketones (excluding diaryl/α,β-unsaturated/α-hetero) is 1. The minimum Gasteiger partial charge on any atom is -0.475 e. The lowest BCUT2D eigenvalue weighted by atomic mass is 10.0. The molecule has 1 aromatic carbocycles. The number of fused-ring (bicyclic) bond motifs is 1. The molecule has 1 heterocycles. The fourth-order valence-corrected chi connectivity index (χ4v) is 2.01. The number of ketones is 1. The van der Waals surface area contributed by atoms with Gasteiger partial charge in [-0.2, -0.15) is 0 Å². The first-order valence-corrected chi connectivity index (χ1v) is 6.01. The van der Waals surface area contributed by atoms with Crippen molar-refractivity contribution in [2.24, 2.45) is 0 Å². The topological polar surface area (TPSA) is 67.5 Å². The lowest BCUT2D eigenvalue weighted by Gasteiger charge is -2.04. The number of carboxylic acid groups (broad SMARTS) is 1. The summed E-state index contributed by atoms with van der Waals surface area (Å²) < 4.78 is 5.11. The Morgan fingerprint density at radius 2 is 2.11 bits per heavy atom. The minimum atomic E-state index is -1.18. The first-order valence-electron chi connectivity index (χ1n) is 5.63. The average molecular weight is 279 g/mol. The Bertz CT molecular complexity index is 697. The average Bonchev–Trinajstić information content (AvgIpc) is 2.82. The maximum atomic E-state index is 12.0. The summed E-state index contributed by atoms with van der Waals surface area (Å²) in [5, 5.41) is 9.46. The lowest BCUT2D eigenvalue weighted by molar-refractivity contribution is 0.0665. The third-order valence-corrected chi connectivity index (χ3v) is 3.25. The fraction of sp³-hybridized carbons (Fsp3) is 0.143. The second-order valence-corrected chi connectivity index (χ2v) is 4.42. The van der Waals surface area contributed by atoms with Crippen LogP contribution in [0, 0.1) is 0 Å². The monoisotopic (exact) mass is 278 g/mol. The number of hydrogen-bond donors (Lipinski definition) is 1. The molecule has 1 aromatic heterocycles. The number of carboxylic acids is 1. The summed E-state index contributed by atoms with van der Waals surface area (Å²) in [5.74, 6) is -1.64. The van der Waals surface area contributed by atoms with Crippen molar-refractivity contribution in [1.82, 2.24) is 0 Å². The number of halogens is 1. The van der Waals surface area contributed by atoms with E-state index in [4.69, 9.17) is 21.1 Å². The molecule has 2 rings (SSSR count). The predicted octanol–water partition coefficient (Wildman–Crippen LogP) is 3.93. The molecule has 2 aromatic rings. The molecule has 5 heteroatoms. The van der Waals surface area contributed by atoms with Gasteiger partial charge in [0.05, 0.1) is 5.02 Å². The van der Waals surface area contributed by atoms with E-state index in [0.29, 0.717) is 28.5 Å². The highest BCUT2D eigenvalue weighted by molar-refractivity contribution is 6.39. The molecule has 1 N–H and O–H groups in total. The summed E-state index contributed by atoms with van der Waals surface area (Å²) in [6.07, 6.45) is 0.527. The van der Waals surface area contributed by atoms with Crippen molar-refractivity contribution in [3.05, 3.63) is 46.7 Å². The number of hydrogen-bond acceptors (Lipinski definition) is 3. The van der Waals surface area contributed by atoms with Crippen LogP contribution >= 0.6 is 11.6 Å². The molecule has 0 radical (unpaired) electrons. The molecule has 0 aliphatic heterocycles. The lowest BCUT2D eigenvalue weighted by Crippen LogP contribution is -2.02. The second kappa shape index (κ2) is 4.90. The maximum Gasteiger partial charge on any atom is 0.371 e. The van der Waals surface area contributed by atoms with Crippen LogP contribution in [-0.2, 0) is 0 Å². The molecule has 98 valence electrons. The van der Waals surface area contributed by atoms with Gasteiger partial charge in [0.15, 0.2) is 5.78 Å². The van der Waals surface area contributed by atoms with Crippen molar-refractivity contribution in [1.29, 1.82) is 0 Å². The van der Waals surface area contributed by atoms with Gasteiger partial charge in [0.2, 0.25) is 5.76 Å². The zero-order chi connectivity index (χ0) is 14.2. The van der Waals surface area contributed by atoms with Gasteiger partial charge in [-0.3, -0.25) is 4.79 Å². The summed E-state index contributed by atoms with van der Waals surface area (Å²) in [7, 11) is 0. The van der Waals surface area contributed by atoms with Gasteiger partial charge in [0.1, 0.15) is 5.58 Å².